The van der Waals surface area contributed by atoms with E-state index in [0.29, 0.717) is 12.1 Å². The van der Waals surface area contributed by atoms with Crippen LogP contribution in [0.2, 0.25) is 0 Å². The molecule has 1 N–H and O–H groups in total. The summed E-state index contributed by atoms with van der Waals surface area (Å²) >= 11 is 0. The molecule has 0 atom stereocenters. The van der Waals surface area contributed by atoms with Crippen molar-refractivity contribution in [2.75, 3.05) is 0 Å². The molecule has 2 aromatic heterocycles. The molecule has 27 heavy (non-hydrogen) atoms. The number of fused-ring (bicyclic) bond motifs is 1. The van der Waals surface area contributed by atoms with E-state index in [2.05, 4.69) is 16.4 Å². The standard InChI is InChI=1S/C23H18N2O2/c26-23(24-16-21-5-3-15-27-21)19-10-7-17(8-11-19)9-13-20-14-12-18-4-1-2-6-22(18)25-20/h1-15H,16H2,(H,24,26)/b13-9+. The Morgan fingerprint density at radius 2 is 1.78 bits per heavy atom. The van der Waals surface area contributed by atoms with Crippen molar-refractivity contribution in [2.24, 2.45) is 0 Å². The lowest BCUT2D eigenvalue weighted by molar-refractivity contribution is 0.0948. The molecule has 132 valence electrons. The first-order valence-corrected chi connectivity index (χ1v) is 8.72. The monoisotopic (exact) mass is 354 g/mol. The van der Waals surface area contributed by atoms with Gasteiger partial charge in [-0.2, -0.15) is 0 Å². The largest absolute Gasteiger partial charge is 0.467 e. The summed E-state index contributed by atoms with van der Waals surface area (Å²) < 4.78 is 5.21. The maximum atomic E-state index is 12.2. The molecule has 0 aliphatic carbocycles. The molecule has 0 unspecified atom stereocenters. The van der Waals surface area contributed by atoms with Crippen molar-refractivity contribution in [3.05, 3.63) is 102 Å². The lowest BCUT2D eigenvalue weighted by atomic mass is 10.1. The Hall–Kier alpha value is -3.66. The van der Waals surface area contributed by atoms with Crippen LogP contribution in [0.1, 0.15) is 27.4 Å². The lowest BCUT2D eigenvalue weighted by Crippen LogP contribution is -2.22. The van der Waals surface area contributed by atoms with Crippen LogP contribution >= 0.6 is 0 Å². The smallest absolute Gasteiger partial charge is 0.251 e. The van der Waals surface area contributed by atoms with Crippen LogP contribution in [-0.4, -0.2) is 10.9 Å². The van der Waals surface area contributed by atoms with Crippen molar-refractivity contribution in [3.8, 4) is 0 Å². The fraction of sp³-hybridized carbons (Fsp3) is 0.0435. The Labute approximate surface area is 157 Å². The summed E-state index contributed by atoms with van der Waals surface area (Å²) in [7, 11) is 0. The average molecular weight is 354 g/mol. The molecule has 0 radical (unpaired) electrons. The lowest BCUT2D eigenvalue weighted by Gasteiger charge is -2.04. The molecule has 2 heterocycles. The number of benzene rings is 2. The fourth-order valence-corrected chi connectivity index (χ4v) is 2.78. The number of pyridine rings is 1. The Morgan fingerprint density at radius 3 is 2.59 bits per heavy atom. The Bertz CT molecular complexity index is 1080. The van der Waals surface area contributed by atoms with E-state index in [1.54, 1.807) is 12.3 Å². The number of hydrogen-bond acceptors (Lipinski definition) is 3. The molecule has 4 heteroatoms. The molecule has 2 aromatic carbocycles. The van der Waals surface area contributed by atoms with Gasteiger partial charge in [0.05, 0.1) is 24.0 Å². The number of nitrogens with one attached hydrogen (secondary N) is 1. The summed E-state index contributed by atoms with van der Waals surface area (Å²) in [5, 5.41) is 3.96. The van der Waals surface area contributed by atoms with Crippen molar-refractivity contribution >= 4 is 29.0 Å². The number of carbonyl (C=O) groups excluding carboxylic acids is 1. The van der Waals surface area contributed by atoms with Gasteiger partial charge in [-0.25, -0.2) is 4.98 Å². The summed E-state index contributed by atoms with van der Waals surface area (Å²) in [6, 6.07) is 23.2. The molecular weight excluding hydrogens is 336 g/mol. The van der Waals surface area contributed by atoms with E-state index in [9.17, 15) is 4.79 Å². The van der Waals surface area contributed by atoms with Crippen LogP contribution in [0.4, 0.5) is 0 Å². The second kappa shape index (κ2) is 7.70. The van der Waals surface area contributed by atoms with Crippen LogP contribution in [0.25, 0.3) is 23.1 Å². The quantitative estimate of drug-likeness (QED) is 0.553. The molecule has 0 aliphatic rings. The highest BCUT2D eigenvalue weighted by Crippen LogP contribution is 2.14. The third kappa shape index (κ3) is 4.12. The van der Waals surface area contributed by atoms with E-state index in [-0.39, 0.29) is 5.91 Å². The normalized spacial score (nSPS) is 11.1. The highest BCUT2D eigenvalue weighted by atomic mass is 16.3. The van der Waals surface area contributed by atoms with Gasteiger partial charge in [-0.05, 0) is 48.0 Å². The highest BCUT2D eigenvalue weighted by Gasteiger charge is 2.05. The molecule has 4 aromatic rings. The first-order chi connectivity index (χ1) is 13.3. The van der Waals surface area contributed by atoms with E-state index < -0.39 is 0 Å². The van der Waals surface area contributed by atoms with Crippen molar-refractivity contribution in [1.29, 1.82) is 0 Å². The predicted octanol–water partition coefficient (Wildman–Crippen LogP) is 4.93. The zero-order chi connectivity index (χ0) is 18.5. The van der Waals surface area contributed by atoms with E-state index in [0.717, 1.165) is 27.9 Å². The van der Waals surface area contributed by atoms with E-state index >= 15 is 0 Å². The maximum Gasteiger partial charge on any atom is 0.251 e. The minimum Gasteiger partial charge on any atom is -0.467 e. The summed E-state index contributed by atoms with van der Waals surface area (Å²) in [5.41, 5.74) is 3.49. The van der Waals surface area contributed by atoms with Crippen molar-refractivity contribution in [1.82, 2.24) is 10.3 Å². The molecule has 0 saturated carbocycles. The molecule has 0 bridgehead atoms. The molecule has 1 amide bonds. The Kier molecular flexibility index (Phi) is 4.79. The molecule has 0 spiro atoms. The first kappa shape index (κ1) is 16.8. The molecular formula is C23H18N2O2. The van der Waals surface area contributed by atoms with Gasteiger partial charge >= 0.3 is 0 Å². The molecule has 0 saturated heterocycles. The van der Waals surface area contributed by atoms with Gasteiger partial charge in [-0.15, -0.1) is 0 Å². The van der Waals surface area contributed by atoms with Crippen molar-refractivity contribution < 1.29 is 9.21 Å². The second-order valence-corrected chi connectivity index (χ2v) is 6.15. The number of furan rings is 1. The predicted molar refractivity (Wildman–Crippen MR) is 107 cm³/mol. The number of nitrogens with zero attached hydrogens (tertiary/aromatic N) is 1. The number of carbonyl (C=O) groups is 1. The minimum atomic E-state index is -0.127. The highest BCUT2D eigenvalue weighted by molar-refractivity contribution is 5.94. The fourth-order valence-electron chi connectivity index (χ4n) is 2.78. The number of aromatic nitrogens is 1. The number of rotatable bonds is 5. The van der Waals surface area contributed by atoms with Gasteiger partial charge in [0, 0.05) is 10.9 Å². The minimum absolute atomic E-state index is 0.127. The van der Waals surface area contributed by atoms with Gasteiger partial charge in [0.1, 0.15) is 5.76 Å². The number of para-hydroxylation sites is 1. The van der Waals surface area contributed by atoms with Gasteiger partial charge in [0.2, 0.25) is 0 Å². The molecule has 4 nitrogen and oxygen atoms in total. The van der Waals surface area contributed by atoms with Gasteiger partial charge in [0.25, 0.3) is 5.91 Å². The molecule has 0 aliphatic heterocycles. The third-order valence-corrected chi connectivity index (χ3v) is 4.24. The Morgan fingerprint density at radius 1 is 0.926 bits per heavy atom. The topological polar surface area (TPSA) is 55.1 Å². The molecule has 4 rings (SSSR count). The zero-order valence-corrected chi connectivity index (χ0v) is 14.6. The van der Waals surface area contributed by atoms with E-state index in [1.807, 2.05) is 72.8 Å². The van der Waals surface area contributed by atoms with Gasteiger partial charge in [-0.3, -0.25) is 4.79 Å². The van der Waals surface area contributed by atoms with E-state index in [4.69, 9.17) is 4.42 Å². The van der Waals surface area contributed by atoms with Crippen LogP contribution < -0.4 is 5.32 Å². The van der Waals surface area contributed by atoms with E-state index in [1.165, 1.54) is 0 Å². The van der Waals surface area contributed by atoms with Crippen LogP contribution in [0, 0.1) is 0 Å². The van der Waals surface area contributed by atoms with Crippen LogP contribution in [0.3, 0.4) is 0 Å². The van der Waals surface area contributed by atoms with Gasteiger partial charge in [-0.1, -0.05) is 42.5 Å². The average Bonchev–Trinajstić information content (AvgIpc) is 3.24. The van der Waals surface area contributed by atoms with Crippen LogP contribution in [-0.2, 0) is 6.54 Å². The second-order valence-electron chi connectivity index (χ2n) is 6.15. The summed E-state index contributed by atoms with van der Waals surface area (Å²) in [4.78, 5) is 16.8. The van der Waals surface area contributed by atoms with Crippen molar-refractivity contribution in [2.45, 2.75) is 6.54 Å². The Balaban J connectivity index is 1.42. The summed E-state index contributed by atoms with van der Waals surface area (Å²) in [5.74, 6) is 0.601. The number of amides is 1. The summed E-state index contributed by atoms with van der Waals surface area (Å²) in [6.45, 7) is 0.376. The van der Waals surface area contributed by atoms with Gasteiger partial charge in [0.15, 0.2) is 0 Å². The summed E-state index contributed by atoms with van der Waals surface area (Å²) in [6.07, 6.45) is 5.55. The SMILES string of the molecule is O=C(NCc1ccco1)c1ccc(/C=C/c2ccc3ccccc3n2)cc1. The van der Waals surface area contributed by atoms with Gasteiger partial charge < -0.3 is 9.73 Å². The third-order valence-electron chi connectivity index (χ3n) is 4.24. The molecule has 0 fully saturated rings. The number of hydrogen-bond donors (Lipinski definition) is 1. The zero-order valence-electron chi connectivity index (χ0n) is 14.6. The maximum absolute atomic E-state index is 12.2. The van der Waals surface area contributed by atoms with Crippen LogP contribution in [0.15, 0.2) is 83.5 Å². The first-order valence-electron chi connectivity index (χ1n) is 8.72. The van der Waals surface area contributed by atoms with Crippen LogP contribution in [0.5, 0.6) is 0 Å². The van der Waals surface area contributed by atoms with Crippen molar-refractivity contribution in [3.63, 3.8) is 0 Å².